The second-order valence-electron chi connectivity index (χ2n) is 23.9. The number of rotatable bonds is 18. The van der Waals surface area contributed by atoms with Gasteiger partial charge in [0.05, 0.1) is 51.9 Å². The molecule has 0 aliphatic carbocycles. The third-order valence-corrected chi connectivity index (χ3v) is 16.9. The van der Waals surface area contributed by atoms with E-state index in [9.17, 15) is 10.5 Å². The highest BCUT2D eigenvalue weighted by atomic mass is 79.9. The summed E-state index contributed by atoms with van der Waals surface area (Å²) in [5.74, 6) is 2.47. The number of fused-ring (bicyclic) bond motifs is 6. The quantitative estimate of drug-likeness (QED) is 0.0370. The number of benzene rings is 3. The number of imidazole rings is 3. The van der Waals surface area contributed by atoms with Crippen molar-refractivity contribution in [2.24, 2.45) is 0 Å². The molecule has 0 unspecified atom stereocenters. The first-order valence-corrected chi connectivity index (χ1v) is 32.8. The molecule has 12 heterocycles. The molecule has 12 aromatic heterocycles. The molecule has 0 spiro atoms. The number of para-hydroxylation sites is 3. The Balaban J connectivity index is 0.000000133. The number of H-pyrrole nitrogens is 3. The molecule has 0 radical (unpaired) electrons. The Labute approximate surface area is 583 Å². The average Bonchev–Trinajstić information content (AvgIpc) is 1.59. The van der Waals surface area contributed by atoms with Gasteiger partial charge < -0.3 is 41.0 Å². The molecule has 100 heavy (non-hydrogen) atoms. The van der Waals surface area contributed by atoms with E-state index in [0.29, 0.717) is 47.2 Å². The first-order valence-electron chi connectivity index (χ1n) is 32.0. The van der Waals surface area contributed by atoms with Crippen LogP contribution >= 0.6 is 15.9 Å². The monoisotopic (exact) mass is 1380 g/mol. The number of nitrogens with one attached hydrogen (secondary N) is 6. The second kappa shape index (κ2) is 30.6. The van der Waals surface area contributed by atoms with Crippen molar-refractivity contribution in [1.82, 2.24) is 73.0 Å². The van der Waals surface area contributed by atoms with Crippen LogP contribution in [-0.4, -0.2) is 110 Å². The van der Waals surface area contributed by atoms with E-state index >= 15 is 0 Å². The van der Waals surface area contributed by atoms with E-state index < -0.39 is 7.12 Å². The Morgan fingerprint density at radius 1 is 0.520 bits per heavy atom. The fourth-order valence-corrected chi connectivity index (χ4v) is 11.9. The van der Waals surface area contributed by atoms with Gasteiger partial charge in [0.25, 0.3) is 0 Å². The number of aromatic nitrogens is 15. The molecule has 15 aromatic rings. The van der Waals surface area contributed by atoms with Gasteiger partial charge in [0, 0.05) is 155 Å². The number of hydrogen-bond acceptors (Lipinski definition) is 17. The second-order valence-corrected chi connectivity index (χ2v) is 24.7. The Hall–Kier alpha value is -12.6. The van der Waals surface area contributed by atoms with Gasteiger partial charge in [-0.1, -0.05) is 81.6 Å². The van der Waals surface area contributed by atoms with Crippen LogP contribution in [0.5, 0.6) is 0 Å². The zero-order valence-electron chi connectivity index (χ0n) is 55.1. The summed E-state index contributed by atoms with van der Waals surface area (Å²) < 4.78 is 6.83. The molecular weight excluding hydrogens is 1320 g/mol. The standard InChI is InChI=1S/C25H23N7.C25H21N7.C19H18BrN5.C6H5BN2O2/c2*1-16(2)23-14-30-25-24(28-8-7-18-13-29-21-6-4-3-5-20(18)21)31-22(15-32(23)25)19-9-17(10-26)11-27-12-19;1-12(2)16-10-23-19-18(24-17(20)11-25(16)19)21-8-7-13-9-22-15-6-4-3-5-14(13)15;8-2-5-1-6(7(10)11)4-9-3-5/h3-6,9,11-16,29H,7-8H2,1-2H3,(H,28,31);3-6,9,11-15,29H,1,7-8H2,2H3,(H,28,31);3-6,9-11,22H,1,7-8H2,2H3,(H,21,24);1,3-4,10-11H. The van der Waals surface area contributed by atoms with Gasteiger partial charge in [-0.25, -0.2) is 29.9 Å². The summed E-state index contributed by atoms with van der Waals surface area (Å²) in [6.45, 7) is 18.5. The molecular formula is C75H67BBrN21O2. The topological polar surface area (TPSA) is 325 Å². The Kier molecular flexibility index (Phi) is 20.7. The fourth-order valence-electron chi connectivity index (χ4n) is 11.6. The summed E-state index contributed by atoms with van der Waals surface area (Å²) in [6, 6.07) is 36.0. The SMILES string of the molecule is C=C(C)c1cnc2c(NCCc3c[nH]c4ccccc34)nc(-c3cncc(C#N)c3)cn12.C=C(C)c1cnc2c(NCCc3c[nH]c4ccccc34)nc(Br)cn12.CC(C)c1cnc2c(NCCc3c[nH]c4ccccc34)nc(-c3cncc(C#N)c3)cn12.N#Cc1cncc(B(O)O)c1. The first kappa shape index (κ1) is 67.4. The van der Waals surface area contributed by atoms with E-state index in [1.54, 1.807) is 37.1 Å². The first-order chi connectivity index (χ1) is 48.6. The van der Waals surface area contributed by atoms with Gasteiger partial charge in [-0.05, 0) is 119 Å². The van der Waals surface area contributed by atoms with Crippen LogP contribution in [-0.2, 0) is 19.3 Å². The Morgan fingerprint density at radius 3 is 1.34 bits per heavy atom. The number of nitriles is 3. The van der Waals surface area contributed by atoms with Gasteiger partial charge in [-0.15, -0.1) is 0 Å². The van der Waals surface area contributed by atoms with Gasteiger partial charge in [0.15, 0.2) is 34.4 Å². The van der Waals surface area contributed by atoms with Gasteiger partial charge in [-0.3, -0.25) is 28.2 Å². The number of aromatic amines is 3. The predicted molar refractivity (Wildman–Crippen MR) is 396 cm³/mol. The Bertz CT molecular complexity index is 5620. The summed E-state index contributed by atoms with van der Waals surface area (Å²) in [5.41, 5.74) is 19.0. The van der Waals surface area contributed by atoms with E-state index in [1.165, 1.54) is 56.8 Å². The summed E-state index contributed by atoms with van der Waals surface area (Å²) in [4.78, 5) is 49.9. The average molecular weight is 1390 g/mol. The molecule has 494 valence electrons. The van der Waals surface area contributed by atoms with Crippen molar-refractivity contribution < 1.29 is 10.0 Å². The molecule has 0 fully saturated rings. The maximum atomic E-state index is 9.26. The molecule has 3 aromatic carbocycles. The molecule has 15 rings (SSSR count). The summed E-state index contributed by atoms with van der Waals surface area (Å²) in [7, 11) is -1.56. The summed E-state index contributed by atoms with van der Waals surface area (Å²) in [6.07, 6.45) is 29.3. The van der Waals surface area contributed by atoms with E-state index in [4.69, 9.17) is 25.3 Å². The number of halogens is 1. The number of hydrogen-bond donors (Lipinski definition) is 8. The third-order valence-electron chi connectivity index (χ3n) is 16.5. The highest BCUT2D eigenvalue weighted by Crippen LogP contribution is 2.30. The minimum atomic E-state index is -1.56. The van der Waals surface area contributed by atoms with Crippen LogP contribution in [0.3, 0.4) is 0 Å². The lowest BCUT2D eigenvalue weighted by Gasteiger charge is -2.12. The van der Waals surface area contributed by atoms with Crippen LogP contribution in [0.15, 0.2) is 202 Å². The molecule has 0 aliphatic heterocycles. The molecule has 23 nitrogen and oxygen atoms in total. The molecule has 0 saturated carbocycles. The van der Waals surface area contributed by atoms with E-state index in [0.717, 1.165) is 115 Å². The highest BCUT2D eigenvalue weighted by Gasteiger charge is 2.19. The maximum Gasteiger partial charge on any atom is 0.490 e. The van der Waals surface area contributed by atoms with Crippen LogP contribution in [0, 0.1) is 34.0 Å². The zero-order valence-corrected chi connectivity index (χ0v) is 56.7. The lowest BCUT2D eigenvalue weighted by molar-refractivity contribution is 0.425. The number of anilines is 3. The van der Waals surface area contributed by atoms with E-state index in [-0.39, 0.29) is 5.46 Å². The minimum Gasteiger partial charge on any atom is -0.423 e. The van der Waals surface area contributed by atoms with Gasteiger partial charge >= 0.3 is 7.12 Å². The van der Waals surface area contributed by atoms with E-state index in [2.05, 4.69) is 198 Å². The number of allylic oxidation sites excluding steroid dienone is 2. The largest absolute Gasteiger partial charge is 0.490 e. The normalized spacial score (nSPS) is 10.9. The lowest BCUT2D eigenvalue weighted by Crippen LogP contribution is -2.30. The molecule has 8 N–H and O–H groups in total. The predicted octanol–water partition coefficient (Wildman–Crippen LogP) is 13.0. The minimum absolute atomic E-state index is 0.226. The molecule has 25 heteroatoms. The molecule has 0 saturated heterocycles. The van der Waals surface area contributed by atoms with Crippen molar-refractivity contribution in [3.8, 4) is 40.7 Å². The van der Waals surface area contributed by atoms with Crippen LogP contribution < -0.4 is 21.4 Å². The third kappa shape index (κ3) is 15.1. The van der Waals surface area contributed by atoms with Crippen molar-refractivity contribution in [3.63, 3.8) is 0 Å². The van der Waals surface area contributed by atoms with E-state index in [1.807, 2.05) is 84.0 Å². The van der Waals surface area contributed by atoms with Gasteiger partial charge in [0.2, 0.25) is 0 Å². The lowest BCUT2D eigenvalue weighted by atomic mass is 9.81. The number of nitrogens with zero attached hydrogens (tertiary/aromatic N) is 15. The van der Waals surface area contributed by atoms with Crippen molar-refractivity contribution in [3.05, 3.63) is 252 Å². The maximum absolute atomic E-state index is 9.26. The van der Waals surface area contributed by atoms with Crippen LogP contribution in [0.25, 0.3) is 83.3 Å². The zero-order chi connectivity index (χ0) is 69.8. The van der Waals surface area contributed by atoms with Gasteiger partial charge in [0.1, 0.15) is 22.8 Å². The smallest absolute Gasteiger partial charge is 0.423 e. The molecule has 0 amide bonds. The summed E-state index contributed by atoms with van der Waals surface area (Å²) in [5, 5.41) is 58.3. The molecule has 0 atom stereocenters. The Morgan fingerprint density at radius 2 is 0.910 bits per heavy atom. The van der Waals surface area contributed by atoms with Crippen LogP contribution in [0.1, 0.15) is 84.1 Å². The molecule has 0 bridgehead atoms. The van der Waals surface area contributed by atoms with Crippen molar-refractivity contribution in [1.29, 1.82) is 15.8 Å². The highest BCUT2D eigenvalue weighted by molar-refractivity contribution is 9.10. The van der Waals surface area contributed by atoms with Crippen LogP contribution in [0.2, 0.25) is 0 Å². The van der Waals surface area contributed by atoms with Gasteiger partial charge in [-0.2, -0.15) is 15.8 Å². The van der Waals surface area contributed by atoms with Crippen LogP contribution in [0.4, 0.5) is 17.5 Å². The van der Waals surface area contributed by atoms with Crippen molar-refractivity contribution in [2.75, 3.05) is 35.6 Å². The summed E-state index contributed by atoms with van der Waals surface area (Å²) >= 11 is 3.48. The van der Waals surface area contributed by atoms with Crippen molar-refractivity contribution >= 4 is 107 Å². The fraction of sp³-hybridized carbons (Fsp3) is 0.147. The molecule has 0 aliphatic rings. The van der Waals surface area contributed by atoms with Crippen molar-refractivity contribution in [2.45, 2.75) is 52.9 Å². The number of pyridine rings is 3.